The van der Waals surface area contributed by atoms with Crippen LogP contribution in [0, 0.1) is 5.92 Å². The molecule has 2 atom stereocenters. The summed E-state index contributed by atoms with van der Waals surface area (Å²) in [4.78, 5) is 15.1. The van der Waals surface area contributed by atoms with Gasteiger partial charge in [0, 0.05) is 24.3 Å². The van der Waals surface area contributed by atoms with Crippen LogP contribution in [0.1, 0.15) is 17.4 Å². The van der Waals surface area contributed by atoms with Crippen LogP contribution in [0.25, 0.3) is 0 Å². The van der Waals surface area contributed by atoms with Gasteiger partial charge in [-0.05, 0) is 12.1 Å². The van der Waals surface area contributed by atoms with E-state index in [1.54, 1.807) is 0 Å². The highest BCUT2D eigenvalue weighted by Gasteiger charge is 2.47. The molecule has 0 saturated heterocycles. The van der Waals surface area contributed by atoms with Gasteiger partial charge in [0.05, 0.1) is 16.3 Å². The number of aromatic carboxylic acids is 1. The SMILES string of the molecule is COCN(c1cc(Cl)cnc1C(=O)O)S(=O)(=O)C1C=CC(Cl)=C(C(F)(F)F)C1C. The number of hydrogen-bond acceptors (Lipinski definition) is 5. The highest BCUT2D eigenvalue weighted by Crippen LogP contribution is 2.42. The second kappa shape index (κ2) is 8.50. The predicted octanol–water partition coefficient (Wildman–Crippen LogP) is 3.80. The molecule has 1 aromatic heterocycles. The zero-order valence-electron chi connectivity index (χ0n) is 14.9. The Hall–Kier alpha value is -1.82. The Morgan fingerprint density at radius 1 is 1.38 bits per heavy atom. The maximum absolute atomic E-state index is 13.4. The number of pyridine rings is 1. The molecule has 29 heavy (non-hydrogen) atoms. The maximum Gasteiger partial charge on any atom is 0.414 e. The predicted molar refractivity (Wildman–Crippen MR) is 101 cm³/mol. The summed E-state index contributed by atoms with van der Waals surface area (Å²) in [5.74, 6) is -3.13. The molecule has 0 spiro atoms. The molecule has 0 saturated carbocycles. The Labute approximate surface area is 174 Å². The summed E-state index contributed by atoms with van der Waals surface area (Å²) in [6.07, 6.45) is -1.99. The van der Waals surface area contributed by atoms with E-state index in [1.807, 2.05) is 0 Å². The fourth-order valence-electron chi connectivity index (χ4n) is 2.90. The molecule has 0 fully saturated rings. The Kier molecular flexibility index (Phi) is 6.88. The lowest BCUT2D eigenvalue weighted by molar-refractivity contribution is -0.0985. The van der Waals surface area contributed by atoms with Crippen LogP contribution >= 0.6 is 23.2 Å². The van der Waals surface area contributed by atoms with Crippen molar-refractivity contribution in [2.45, 2.75) is 18.3 Å². The van der Waals surface area contributed by atoms with E-state index in [9.17, 15) is 31.5 Å². The number of sulfonamides is 1. The van der Waals surface area contributed by atoms with Crippen molar-refractivity contribution in [2.75, 3.05) is 18.1 Å². The number of carboxylic acids is 1. The van der Waals surface area contributed by atoms with Gasteiger partial charge in [-0.25, -0.2) is 22.5 Å². The molecule has 160 valence electrons. The summed E-state index contributed by atoms with van der Waals surface area (Å²) in [6.45, 7) is 0.386. The molecule has 1 N–H and O–H groups in total. The lowest BCUT2D eigenvalue weighted by Gasteiger charge is -2.33. The van der Waals surface area contributed by atoms with Gasteiger partial charge >= 0.3 is 12.1 Å². The van der Waals surface area contributed by atoms with E-state index in [1.165, 1.54) is 0 Å². The Morgan fingerprint density at radius 2 is 2.00 bits per heavy atom. The average Bonchev–Trinajstić information content (AvgIpc) is 2.57. The van der Waals surface area contributed by atoms with Gasteiger partial charge in [0.25, 0.3) is 0 Å². The van der Waals surface area contributed by atoms with E-state index in [2.05, 4.69) is 4.98 Å². The second-order valence-electron chi connectivity index (χ2n) is 6.01. The number of hydrogen-bond donors (Lipinski definition) is 1. The fraction of sp³-hybridized carbons (Fsp3) is 0.375. The maximum atomic E-state index is 13.4. The third kappa shape index (κ3) is 4.68. The summed E-state index contributed by atoms with van der Waals surface area (Å²) in [7, 11) is -3.47. The summed E-state index contributed by atoms with van der Waals surface area (Å²) >= 11 is 11.5. The van der Waals surface area contributed by atoms with Crippen molar-refractivity contribution < 1.29 is 36.2 Å². The van der Waals surface area contributed by atoms with Crippen molar-refractivity contribution in [3.63, 3.8) is 0 Å². The minimum Gasteiger partial charge on any atom is -0.476 e. The Balaban J connectivity index is 2.62. The molecular weight excluding hydrogens is 460 g/mol. The number of alkyl halides is 3. The van der Waals surface area contributed by atoms with E-state index >= 15 is 0 Å². The number of allylic oxidation sites excluding steroid dienone is 3. The number of ether oxygens (including phenoxy) is 1. The number of rotatable bonds is 6. The van der Waals surface area contributed by atoms with Gasteiger partial charge in [-0.3, -0.25) is 0 Å². The normalized spacial score (nSPS) is 20.1. The van der Waals surface area contributed by atoms with E-state index < -0.39 is 62.1 Å². The van der Waals surface area contributed by atoms with E-state index in [-0.39, 0.29) is 5.02 Å². The first-order valence-corrected chi connectivity index (χ1v) is 10.1. The quantitative estimate of drug-likeness (QED) is 0.629. The zero-order valence-corrected chi connectivity index (χ0v) is 17.3. The summed E-state index contributed by atoms with van der Waals surface area (Å²) in [5, 5.41) is 6.94. The van der Waals surface area contributed by atoms with Crippen LogP contribution in [0.2, 0.25) is 5.02 Å². The zero-order chi connectivity index (χ0) is 22.1. The van der Waals surface area contributed by atoms with Crippen molar-refractivity contribution in [2.24, 2.45) is 5.92 Å². The number of nitrogens with zero attached hydrogens (tertiary/aromatic N) is 2. The van der Waals surface area contributed by atoms with Crippen LogP contribution < -0.4 is 4.31 Å². The van der Waals surface area contributed by atoms with Crippen molar-refractivity contribution in [3.05, 3.63) is 45.7 Å². The van der Waals surface area contributed by atoms with Gasteiger partial charge in [0.15, 0.2) is 5.69 Å². The third-order valence-electron chi connectivity index (χ3n) is 4.15. The average molecular weight is 475 g/mol. The van der Waals surface area contributed by atoms with Gasteiger partial charge in [-0.1, -0.05) is 36.2 Å². The molecule has 1 heterocycles. The molecule has 2 rings (SSSR count). The minimum atomic E-state index is -4.86. The van der Waals surface area contributed by atoms with Crippen molar-refractivity contribution in [3.8, 4) is 0 Å². The molecule has 0 bridgehead atoms. The molecule has 13 heteroatoms. The van der Waals surface area contributed by atoms with Gasteiger partial charge < -0.3 is 9.84 Å². The minimum absolute atomic E-state index is 0.0764. The highest BCUT2D eigenvalue weighted by atomic mass is 35.5. The largest absolute Gasteiger partial charge is 0.476 e. The molecule has 1 aromatic rings. The van der Waals surface area contributed by atoms with Gasteiger partial charge in [0.1, 0.15) is 12.0 Å². The standard InChI is InChI=1S/C16H15Cl2F3N2O5S/c1-8-12(4-3-10(18)13(8)16(19,20)21)29(26,27)23(7-28-2)11-5-9(17)6-22-14(11)15(24)25/h3-6,8,12H,7H2,1-2H3,(H,24,25). The molecule has 7 nitrogen and oxygen atoms in total. The number of carboxylic acid groups (broad SMARTS) is 1. The number of aromatic nitrogens is 1. The van der Waals surface area contributed by atoms with E-state index in [0.717, 1.165) is 38.4 Å². The van der Waals surface area contributed by atoms with Crippen molar-refractivity contribution in [1.82, 2.24) is 4.98 Å². The fourth-order valence-corrected chi connectivity index (χ4v) is 5.29. The molecule has 1 aliphatic carbocycles. The van der Waals surface area contributed by atoms with Gasteiger partial charge in [0.2, 0.25) is 10.0 Å². The van der Waals surface area contributed by atoms with Crippen LogP contribution in [0.5, 0.6) is 0 Å². The lowest BCUT2D eigenvalue weighted by Crippen LogP contribution is -2.45. The molecule has 2 unspecified atom stereocenters. The van der Waals surface area contributed by atoms with Crippen molar-refractivity contribution >= 4 is 44.9 Å². The van der Waals surface area contributed by atoms with Crippen LogP contribution in [-0.4, -0.2) is 49.7 Å². The molecular formula is C16H15Cl2F3N2O5S. The first kappa shape index (κ1) is 23.5. The molecule has 0 radical (unpaired) electrons. The van der Waals surface area contributed by atoms with Crippen molar-refractivity contribution in [1.29, 1.82) is 0 Å². The molecule has 1 aliphatic rings. The van der Waals surface area contributed by atoms with Crippen LogP contribution in [0.3, 0.4) is 0 Å². The van der Waals surface area contributed by atoms with Gasteiger partial charge in [-0.15, -0.1) is 0 Å². The van der Waals surface area contributed by atoms with Crippen LogP contribution in [-0.2, 0) is 14.8 Å². The third-order valence-corrected chi connectivity index (χ3v) is 6.85. The Bertz CT molecular complexity index is 979. The first-order valence-electron chi connectivity index (χ1n) is 7.86. The van der Waals surface area contributed by atoms with Gasteiger partial charge in [-0.2, -0.15) is 13.2 Å². The summed E-state index contributed by atoms with van der Waals surface area (Å²) in [6, 6.07) is 1.03. The molecule has 0 aliphatic heterocycles. The first-order chi connectivity index (χ1) is 13.3. The highest BCUT2D eigenvalue weighted by molar-refractivity contribution is 7.93. The number of halogens is 5. The smallest absolute Gasteiger partial charge is 0.414 e. The summed E-state index contributed by atoms with van der Waals surface area (Å²) in [5.41, 5.74) is -2.30. The molecule has 0 aromatic carbocycles. The van der Waals surface area contributed by atoms with Crippen LogP contribution in [0.4, 0.5) is 18.9 Å². The Morgan fingerprint density at radius 3 is 2.52 bits per heavy atom. The number of methoxy groups -OCH3 is 1. The lowest BCUT2D eigenvalue weighted by atomic mass is 9.92. The van der Waals surface area contributed by atoms with Crippen LogP contribution in [0.15, 0.2) is 35.0 Å². The topological polar surface area (TPSA) is 96.8 Å². The number of carbonyl (C=O) groups is 1. The van der Waals surface area contributed by atoms with E-state index in [4.69, 9.17) is 27.9 Å². The second-order valence-corrected chi connectivity index (χ2v) is 8.87. The van der Waals surface area contributed by atoms with E-state index in [0.29, 0.717) is 4.31 Å². The monoisotopic (exact) mass is 474 g/mol. The molecule has 0 amide bonds. The number of anilines is 1. The summed E-state index contributed by atoms with van der Waals surface area (Å²) < 4.78 is 72.0.